The highest BCUT2D eigenvalue weighted by Gasteiger charge is 2.25. The van der Waals surface area contributed by atoms with Crippen molar-refractivity contribution < 1.29 is 19.3 Å². The fourth-order valence-electron chi connectivity index (χ4n) is 2.59. The molecule has 1 amide bonds. The summed E-state index contributed by atoms with van der Waals surface area (Å²) >= 11 is 0. The van der Waals surface area contributed by atoms with Gasteiger partial charge in [-0.15, -0.1) is 6.58 Å². The zero-order valence-corrected chi connectivity index (χ0v) is 15.5. The Morgan fingerprint density at radius 1 is 1.28 bits per heavy atom. The van der Waals surface area contributed by atoms with E-state index in [2.05, 4.69) is 6.58 Å². The van der Waals surface area contributed by atoms with Crippen molar-refractivity contribution in [3.8, 4) is 5.75 Å². The lowest BCUT2D eigenvalue weighted by Gasteiger charge is -2.28. The van der Waals surface area contributed by atoms with Gasteiger partial charge in [0.1, 0.15) is 5.60 Å². The van der Waals surface area contributed by atoms with E-state index in [0.717, 1.165) is 16.3 Å². The topological polar surface area (TPSA) is 48.0 Å². The quantitative estimate of drug-likeness (QED) is 0.435. The standard InChI is InChI=1S/C20H25NO4/c1-7-12-21(19(22)24-20(3,4)5)17-13-15-10-8-9-11-16(15)18(14(17)2)25-23-6/h7-11,13H,1,12H2,2-6H3. The predicted molar refractivity (Wildman–Crippen MR) is 100 cm³/mol. The van der Waals surface area contributed by atoms with Gasteiger partial charge in [0.2, 0.25) is 0 Å². The molecule has 2 rings (SSSR count). The molecule has 0 spiro atoms. The number of hydrogen-bond donors (Lipinski definition) is 0. The monoisotopic (exact) mass is 343 g/mol. The largest absolute Gasteiger partial charge is 0.443 e. The summed E-state index contributed by atoms with van der Waals surface area (Å²) in [5.74, 6) is 0.577. The van der Waals surface area contributed by atoms with E-state index in [1.807, 2.05) is 58.0 Å². The molecule has 5 heteroatoms. The zero-order valence-electron chi connectivity index (χ0n) is 15.5. The zero-order chi connectivity index (χ0) is 18.6. The Balaban J connectivity index is 2.60. The highest BCUT2D eigenvalue weighted by Crippen LogP contribution is 2.37. The smallest absolute Gasteiger partial charge is 0.415 e. The van der Waals surface area contributed by atoms with E-state index in [9.17, 15) is 4.79 Å². The number of ether oxygens (including phenoxy) is 1. The summed E-state index contributed by atoms with van der Waals surface area (Å²) in [7, 11) is 1.45. The predicted octanol–water partition coefficient (Wildman–Crippen LogP) is 5.02. The number of carbonyl (C=O) groups excluding carboxylic acids is 1. The van der Waals surface area contributed by atoms with E-state index in [-0.39, 0.29) is 0 Å². The number of amides is 1. The van der Waals surface area contributed by atoms with Crippen LogP contribution in [0.5, 0.6) is 5.75 Å². The maximum atomic E-state index is 12.7. The number of anilines is 1. The van der Waals surface area contributed by atoms with Gasteiger partial charge in [0, 0.05) is 17.5 Å². The SMILES string of the molecule is C=CCN(C(=O)OC(C)(C)C)c1cc2ccccc2c(OOC)c1C. The minimum Gasteiger partial charge on any atom is -0.443 e. The van der Waals surface area contributed by atoms with Crippen molar-refractivity contribution >= 4 is 22.6 Å². The maximum Gasteiger partial charge on any atom is 0.415 e. The molecule has 0 aliphatic carbocycles. The van der Waals surface area contributed by atoms with Gasteiger partial charge in [0.05, 0.1) is 12.8 Å². The van der Waals surface area contributed by atoms with E-state index in [1.165, 1.54) is 7.11 Å². The fourth-order valence-corrected chi connectivity index (χ4v) is 2.59. The Morgan fingerprint density at radius 3 is 2.56 bits per heavy atom. The summed E-state index contributed by atoms with van der Waals surface area (Å²) in [4.78, 5) is 24.5. The molecule has 0 fully saturated rings. The third-order valence-electron chi connectivity index (χ3n) is 3.61. The third-order valence-corrected chi connectivity index (χ3v) is 3.61. The Kier molecular flexibility index (Phi) is 5.69. The van der Waals surface area contributed by atoms with Crippen molar-refractivity contribution in [1.82, 2.24) is 0 Å². The number of rotatable bonds is 5. The average Bonchev–Trinajstić information content (AvgIpc) is 2.53. The van der Waals surface area contributed by atoms with E-state index < -0.39 is 11.7 Å². The van der Waals surface area contributed by atoms with Crippen LogP contribution >= 0.6 is 0 Å². The number of carbonyl (C=O) groups is 1. The van der Waals surface area contributed by atoms with Crippen LogP contribution in [0.3, 0.4) is 0 Å². The van der Waals surface area contributed by atoms with Gasteiger partial charge in [-0.3, -0.25) is 4.90 Å². The van der Waals surface area contributed by atoms with Gasteiger partial charge in [0.25, 0.3) is 0 Å². The lowest BCUT2D eigenvalue weighted by Crippen LogP contribution is -2.37. The molecular formula is C20H25NO4. The van der Waals surface area contributed by atoms with Crippen molar-refractivity contribution in [3.05, 3.63) is 48.6 Å². The lowest BCUT2D eigenvalue weighted by atomic mass is 10.0. The number of benzene rings is 2. The lowest BCUT2D eigenvalue weighted by molar-refractivity contribution is -0.177. The van der Waals surface area contributed by atoms with Crippen molar-refractivity contribution in [2.24, 2.45) is 0 Å². The first kappa shape index (κ1) is 18.8. The molecule has 0 bridgehead atoms. The van der Waals surface area contributed by atoms with Gasteiger partial charge in [-0.25, -0.2) is 4.79 Å². The summed E-state index contributed by atoms with van der Waals surface area (Å²) in [6.45, 7) is 11.5. The molecule has 0 saturated heterocycles. The maximum absolute atomic E-state index is 12.7. The van der Waals surface area contributed by atoms with Gasteiger partial charge >= 0.3 is 6.09 Å². The van der Waals surface area contributed by atoms with Gasteiger partial charge in [-0.1, -0.05) is 30.3 Å². The van der Waals surface area contributed by atoms with Crippen LogP contribution in [-0.2, 0) is 9.62 Å². The summed E-state index contributed by atoms with van der Waals surface area (Å²) in [6, 6.07) is 9.72. The molecule has 0 heterocycles. The number of fused-ring (bicyclic) bond motifs is 1. The van der Waals surface area contributed by atoms with Crippen LogP contribution in [0.2, 0.25) is 0 Å². The molecule has 0 radical (unpaired) electrons. The minimum atomic E-state index is -0.590. The number of hydrogen-bond acceptors (Lipinski definition) is 4. The first-order valence-electron chi connectivity index (χ1n) is 8.13. The van der Waals surface area contributed by atoms with Crippen LogP contribution in [0.25, 0.3) is 10.8 Å². The third kappa shape index (κ3) is 4.31. The van der Waals surface area contributed by atoms with Crippen LogP contribution in [0.4, 0.5) is 10.5 Å². The molecule has 0 aliphatic heterocycles. The minimum absolute atomic E-state index is 0.320. The van der Waals surface area contributed by atoms with Crippen LogP contribution in [0.1, 0.15) is 26.3 Å². The van der Waals surface area contributed by atoms with Gasteiger partial charge in [-0.05, 0) is 39.1 Å². The summed E-state index contributed by atoms with van der Waals surface area (Å²) in [5.41, 5.74) is 0.890. The van der Waals surface area contributed by atoms with Crippen LogP contribution in [-0.4, -0.2) is 25.3 Å². The fraction of sp³-hybridized carbons (Fsp3) is 0.350. The van der Waals surface area contributed by atoms with Crippen molar-refractivity contribution in [3.63, 3.8) is 0 Å². The molecule has 5 nitrogen and oxygen atoms in total. The van der Waals surface area contributed by atoms with Gasteiger partial charge in [0.15, 0.2) is 5.75 Å². The highest BCUT2D eigenvalue weighted by atomic mass is 17.2. The number of nitrogens with zero attached hydrogens (tertiary/aromatic N) is 1. The Morgan fingerprint density at radius 2 is 1.96 bits per heavy atom. The molecule has 0 atom stereocenters. The van der Waals surface area contributed by atoms with Crippen LogP contribution in [0.15, 0.2) is 43.0 Å². The first-order valence-corrected chi connectivity index (χ1v) is 8.13. The summed E-state index contributed by atoms with van der Waals surface area (Å²) in [5, 5.41) is 1.85. The van der Waals surface area contributed by atoms with E-state index >= 15 is 0 Å². The summed E-state index contributed by atoms with van der Waals surface area (Å²) in [6.07, 6.45) is 1.23. The van der Waals surface area contributed by atoms with E-state index in [4.69, 9.17) is 14.5 Å². The highest BCUT2D eigenvalue weighted by molar-refractivity contribution is 5.98. The van der Waals surface area contributed by atoms with Crippen molar-refractivity contribution in [2.75, 3.05) is 18.6 Å². The van der Waals surface area contributed by atoms with Crippen molar-refractivity contribution in [2.45, 2.75) is 33.3 Å². The molecular weight excluding hydrogens is 318 g/mol. The van der Waals surface area contributed by atoms with E-state index in [0.29, 0.717) is 18.0 Å². The second kappa shape index (κ2) is 7.57. The molecule has 0 N–H and O–H groups in total. The molecule has 2 aromatic carbocycles. The molecule has 2 aromatic rings. The summed E-state index contributed by atoms with van der Waals surface area (Å²) < 4.78 is 5.54. The molecule has 0 saturated carbocycles. The second-order valence-electron chi connectivity index (χ2n) is 6.70. The molecule has 25 heavy (non-hydrogen) atoms. The van der Waals surface area contributed by atoms with Crippen LogP contribution in [0, 0.1) is 6.92 Å². The first-order chi connectivity index (χ1) is 11.8. The van der Waals surface area contributed by atoms with Gasteiger partial charge < -0.3 is 9.62 Å². The Hall–Kier alpha value is -2.53. The van der Waals surface area contributed by atoms with Crippen molar-refractivity contribution in [1.29, 1.82) is 0 Å². The van der Waals surface area contributed by atoms with Crippen LogP contribution < -0.4 is 9.79 Å². The molecule has 0 aromatic heterocycles. The Bertz CT molecular complexity index is 777. The average molecular weight is 343 g/mol. The second-order valence-corrected chi connectivity index (χ2v) is 6.70. The normalized spacial score (nSPS) is 11.2. The molecule has 134 valence electrons. The molecule has 0 aliphatic rings. The van der Waals surface area contributed by atoms with Gasteiger partial charge in [-0.2, -0.15) is 4.89 Å². The van der Waals surface area contributed by atoms with E-state index in [1.54, 1.807) is 11.0 Å². The molecule has 0 unspecified atom stereocenters. The Labute approximate surface area is 148 Å².